The maximum atomic E-state index is 12.4. The van der Waals surface area contributed by atoms with Crippen LogP contribution in [0, 0.1) is 0 Å². The average Bonchev–Trinajstić information content (AvgIpc) is 3.45. The minimum absolute atomic E-state index is 0.156. The molecule has 0 spiro atoms. The van der Waals surface area contributed by atoms with Crippen LogP contribution in [0.15, 0.2) is 52.3 Å². The predicted octanol–water partition coefficient (Wildman–Crippen LogP) is 4.47. The summed E-state index contributed by atoms with van der Waals surface area (Å²) in [6.07, 6.45) is 0.216. The van der Waals surface area contributed by atoms with Gasteiger partial charge in [0.25, 0.3) is 0 Å². The summed E-state index contributed by atoms with van der Waals surface area (Å²) in [6.45, 7) is 0.209. The van der Waals surface area contributed by atoms with Gasteiger partial charge in [-0.15, -0.1) is 11.3 Å². The molecular weight excluding hydrogens is 392 g/mol. The van der Waals surface area contributed by atoms with Gasteiger partial charge in [0, 0.05) is 10.8 Å². The minimum Gasteiger partial charge on any atom is -0.493 e. The lowest BCUT2D eigenvalue weighted by atomic mass is 10.1. The van der Waals surface area contributed by atoms with Gasteiger partial charge in [-0.1, -0.05) is 18.2 Å². The highest BCUT2D eigenvalue weighted by Gasteiger charge is 2.16. The van der Waals surface area contributed by atoms with E-state index in [-0.39, 0.29) is 19.1 Å². The number of carbonyl (C=O) groups is 1. The van der Waals surface area contributed by atoms with Crippen LogP contribution in [0.3, 0.4) is 0 Å². The fourth-order valence-electron chi connectivity index (χ4n) is 3.17. The Kier molecular flexibility index (Phi) is 4.33. The number of rotatable bonds is 5. The monoisotopic (exact) mass is 408 g/mol. The number of nitrogens with zero attached hydrogens (tertiary/aromatic N) is 1. The van der Waals surface area contributed by atoms with E-state index in [0.717, 1.165) is 10.9 Å². The molecule has 0 saturated heterocycles. The Morgan fingerprint density at radius 2 is 2.10 bits per heavy atom. The van der Waals surface area contributed by atoms with Crippen LogP contribution in [0.4, 0.5) is 5.13 Å². The number of nitrogens with one attached hydrogen (secondary N) is 1. The van der Waals surface area contributed by atoms with Crippen molar-refractivity contribution < 1.29 is 23.4 Å². The molecule has 0 fully saturated rings. The number of hydrogen-bond donors (Lipinski definition) is 1. The molecule has 29 heavy (non-hydrogen) atoms. The Morgan fingerprint density at radius 1 is 1.21 bits per heavy atom. The predicted molar refractivity (Wildman–Crippen MR) is 109 cm³/mol. The fourth-order valence-corrected chi connectivity index (χ4v) is 3.88. The first-order chi connectivity index (χ1) is 14.2. The number of methoxy groups -OCH3 is 1. The highest BCUT2D eigenvalue weighted by molar-refractivity contribution is 7.14. The van der Waals surface area contributed by atoms with Crippen LogP contribution >= 0.6 is 11.3 Å². The second-order valence-corrected chi connectivity index (χ2v) is 7.30. The van der Waals surface area contributed by atoms with Crippen molar-refractivity contribution in [2.24, 2.45) is 0 Å². The van der Waals surface area contributed by atoms with Crippen LogP contribution in [0.2, 0.25) is 0 Å². The molecule has 0 bridgehead atoms. The zero-order valence-corrected chi connectivity index (χ0v) is 16.2. The lowest BCUT2D eigenvalue weighted by Gasteiger charge is -2.03. The van der Waals surface area contributed by atoms with Crippen molar-refractivity contribution in [2.45, 2.75) is 6.42 Å². The van der Waals surface area contributed by atoms with Crippen molar-refractivity contribution in [1.29, 1.82) is 0 Å². The van der Waals surface area contributed by atoms with E-state index in [4.69, 9.17) is 18.6 Å². The van der Waals surface area contributed by atoms with Crippen LogP contribution in [0.5, 0.6) is 17.2 Å². The van der Waals surface area contributed by atoms with Crippen LogP contribution in [0.25, 0.3) is 22.4 Å². The number of furan rings is 1. The third-order valence-corrected chi connectivity index (χ3v) is 5.29. The number of thiazole rings is 1. The van der Waals surface area contributed by atoms with Gasteiger partial charge in [-0.25, -0.2) is 4.98 Å². The van der Waals surface area contributed by atoms with E-state index < -0.39 is 0 Å². The van der Waals surface area contributed by atoms with Crippen molar-refractivity contribution in [3.05, 3.63) is 53.4 Å². The number of benzene rings is 2. The van der Waals surface area contributed by atoms with E-state index in [0.29, 0.717) is 39.4 Å². The zero-order chi connectivity index (χ0) is 19.8. The number of para-hydroxylation sites is 1. The maximum absolute atomic E-state index is 12.4. The molecule has 0 radical (unpaired) electrons. The third kappa shape index (κ3) is 3.38. The minimum atomic E-state index is -0.156. The highest BCUT2D eigenvalue weighted by atomic mass is 32.1. The van der Waals surface area contributed by atoms with E-state index in [1.807, 2.05) is 47.8 Å². The molecule has 0 unspecified atom stereocenters. The molecule has 2 aromatic carbocycles. The van der Waals surface area contributed by atoms with Gasteiger partial charge in [0.15, 0.2) is 33.7 Å². The van der Waals surface area contributed by atoms with Crippen LogP contribution in [0.1, 0.15) is 5.56 Å². The number of aromatic nitrogens is 1. The topological polar surface area (TPSA) is 82.8 Å². The quantitative estimate of drug-likeness (QED) is 0.524. The Bertz CT molecular complexity index is 1210. The van der Waals surface area contributed by atoms with Gasteiger partial charge >= 0.3 is 0 Å². The molecule has 1 aliphatic rings. The molecule has 4 aromatic rings. The smallest absolute Gasteiger partial charge is 0.231 e. The molecule has 2 aromatic heterocycles. The first-order valence-corrected chi connectivity index (χ1v) is 9.78. The van der Waals surface area contributed by atoms with Gasteiger partial charge in [0.05, 0.1) is 13.5 Å². The third-order valence-electron chi connectivity index (χ3n) is 4.53. The maximum Gasteiger partial charge on any atom is 0.231 e. The summed E-state index contributed by atoms with van der Waals surface area (Å²) in [5.74, 6) is 2.49. The Hall–Kier alpha value is -3.52. The molecule has 1 amide bonds. The summed E-state index contributed by atoms with van der Waals surface area (Å²) < 4.78 is 21.9. The normalized spacial score (nSPS) is 12.3. The molecule has 3 heterocycles. The van der Waals surface area contributed by atoms with Crippen molar-refractivity contribution in [3.63, 3.8) is 0 Å². The molecule has 7 nitrogen and oxygen atoms in total. The molecule has 1 N–H and O–H groups in total. The number of anilines is 1. The van der Waals surface area contributed by atoms with Gasteiger partial charge < -0.3 is 23.9 Å². The van der Waals surface area contributed by atoms with Crippen molar-refractivity contribution in [3.8, 4) is 28.7 Å². The summed E-state index contributed by atoms with van der Waals surface area (Å²) in [7, 11) is 1.60. The first kappa shape index (κ1) is 17.6. The van der Waals surface area contributed by atoms with Crippen molar-refractivity contribution >= 4 is 33.3 Å². The molecule has 146 valence electrons. The van der Waals surface area contributed by atoms with E-state index in [1.54, 1.807) is 7.11 Å². The molecular formula is C21H16N2O5S. The van der Waals surface area contributed by atoms with Crippen LogP contribution < -0.4 is 19.5 Å². The number of hydrogen-bond acceptors (Lipinski definition) is 7. The SMILES string of the molecule is COc1cccc2cc(-c3csc(NC(=O)Cc4ccc5c(c4)OCO5)n3)oc12. The van der Waals surface area contributed by atoms with Gasteiger partial charge in [-0.2, -0.15) is 0 Å². The summed E-state index contributed by atoms with van der Waals surface area (Å²) in [4.78, 5) is 16.9. The fraction of sp³-hybridized carbons (Fsp3) is 0.143. The molecule has 8 heteroatoms. The van der Waals surface area contributed by atoms with Crippen molar-refractivity contribution in [2.75, 3.05) is 19.2 Å². The molecule has 0 aliphatic carbocycles. The van der Waals surface area contributed by atoms with E-state index in [2.05, 4.69) is 10.3 Å². The molecule has 5 rings (SSSR count). The van der Waals surface area contributed by atoms with E-state index >= 15 is 0 Å². The average molecular weight is 408 g/mol. The van der Waals surface area contributed by atoms with E-state index in [1.165, 1.54) is 11.3 Å². The summed E-state index contributed by atoms with van der Waals surface area (Å²) in [6, 6.07) is 13.1. The number of amides is 1. The molecule has 0 saturated carbocycles. The van der Waals surface area contributed by atoms with E-state index in [9.17, 15) is 4.79 Å². The van der Waals surface area contributed by atoms with Crippen LogP contribution in [-0.2, 0) is 11.2 Å². The highest BCUT2D eigenvalue weighted by Crippen LogP contribution is 2.35. The lowest BCUT2D eigenvalue weighted by Crippen LogP contribution is -2.14. The standard InChI is InChI=1S/C21H16N2O5S/c1-25-16-4-2-3-13-9-17(28-20(13)16)14-10-29-21(22-14)23-19(24)8-12-5-6-15-18(7-12)27-11-26-15/h2-7,9-10H,8,11H2,1H3,(H,22,23,24). The Morgan fingerprint density at radius 3 is 3.00 bits per heavy atom. The van der Waals surface area contributed by atoms with Crippen LogP contribution in [-0.4, -0.2) is 24.8 Å². The lowest BCUT2D eigenvalue weighted by molar-refractivity contribution is -0.115. The number of carbonyl (C=O) groups excluding carboxylic acids is 1. The summed E-state index contributed by atoms with van der Waals surface area (Å²) in [5.41, 5.74) is 2.17. The van der Waals surface area contributed by atoms with Gasteiger partial charge in [-0.3, -0.25) is 4.79 Å². The van der Waals surface area contributed by atoms with Gasteiger partial charge in [0.2, 0.25) is 12.7 Å². The first-order valence-electron chi connectivity index (χ1n) is 8.90. The second kappa shape index (κ2) is 7.14. The number of fused-ring (bicyclic) bond motifs is 2. The largest absolute Gasteiger partial charge is 0.493 e. The number of ether oxygens (including phenoxy) is 3. The summed E-state index contributed by atoms with van der Waals surface area (Å²) >= 11 is 1.34. The van der Waals surface area contributed by atoms with Gasteiger partial charge in [0.1, 0.15) is 5.69 Å². The Balaban J connectivity index is 1.31. The molecule has 1 aliphatic heterocycles. The van der Waals surface area contributed by atoms with Crippen molar-refractivity contribution in [1.82, 2.24) is 4.98 Å². The molecule has 0 atom stereocenters. The summed E-state index contributed by atoms with van der Waals surface area (Å²) in [5, 5.41) is 6.13. The Labute approximate surface area is 169 Å². The second-order valence-electron chi connectivity index (χ2n) is 6.44. The van der Waals surface area contributed by atoms with Gasteiger partial charge in [-0.05, 0) is 29.8 Å². The zero-order valence-electron chi connectivity index (χ0n) is 15.4.